The van der Waals surface area contributed by atoms with E-state index in [-0.39, 0.29) is 5.75 Å². The first kappa shape index (κ1) is 18.6. The second-order valence-electron chi connectivity index (χ2n) is 5.54. The molecule has 2 aromatic carbocycles. The standard InChI is InChI=1S/C20H25NO4/c1-4-11-25-17-7-6-16(18(22)13-17)14-21-10-9-15-5-8-19(23-2)20(12-15)24-3/h5-8,12-14,22H,4,9-11H2,1-3H3. The van der Waals surface area contributed by atoms with E-state index in [9.17, 15) is 5.11 Å². The Labute approximate surface area is 148 Å². The molecule has 1 N–H and O–H groups in total. The van der Waals surface area contributed by atoms with Crippen molar-refractivity contribution in [1.29, 1.82) is 0 Å². The summed E-state index contributed by atoms with van der Waals surface area (Å²) in [6.45, 7) is 3.29. The number of phenols is 1. The number of aliphatic imine (C=N–C) groups is 1. The number of ether oxygens (including phenoxy) is 3. The molecule has 134 valence electrons. The van der Waals surface area contributed by atoms with Crippen molar-refractivity contribution < 1.29 is 19.3 Å². The summed E-state index contributed by atoms with van der Waals surface area (Å²) in [5, 5.41) is 10.0. The zero-order chi connectivity index (χ0) is 18.1. The SMILES string of the molecule is CCCOc1ccc(C=NCCc2ccc(OC)c(OC)c2)c(O)c1. The van der Waals surface area contributed by atoms with Crippen molar-refractivity contribution in [1.82, 2.24) is 0 Å². The molecule has 0 fully saturated rings. The van der Waals surface area contributed by atoms with Crippen molar-refractivity contribution in [3.8, 4) is 23.0 Å². The van der Waals surface area contributed by atoms with Gasteiger partial charge in [0, 0.05) is 24.4 Å². The van der Waals surface area contributed by atoms with E-state index in [2.05, 4.69) is 4.99 Å². The van der Waals surface area contributed by atoms with Crippen LogP contribution in [0, 0.1) is 0 Å². The Morgan fingerprint density at radius 2 is 1.84 bits per heavy atom. The summed E-state index contributed by atoms with van der Waals surface area (Å²) in [6, 6.07) is 11.1. The third kappa shape index (κ3) is 5.41. The number of aromatic hydroxyl groups is 1. The zero-order valence-corrected chi connectivity index (χ0v) is 15.0. The molecule has 0 aromatic heterocycles. The number of phenolic OH excluding ortho intramolecular Hbond substituents is 1. The Morgan fingerprint density at radius 3 is 2.52 bits per heavy atom. The first-order valence-corrected chi connectivity index (χ1v) is 8.34. The fourth-order valence-corrected chi connectivity index (χ4v) is 2.34. The normalized spacial score (nSPS) is 10.8. The van der Waals surface area contributed by atoms with Crippen LogP contribution in [0.1, 0.15) is 24.5 Å². The predicted octanol–water partition coefficient (Wildman–Crippen LogP) is 3.86. The minimum Gasteiger partial charge on any atom is -0.507 e. The summed E-state index contributed by atoms with van der Waals surface area (Å²) in [5.74, 6) is 2.26. The second kappa shape index (κ2) is 9.57. The van der Waals surface area contributed by atoms with Gasteiger partial charge in [-0.15, -0.1) is 0 Å². The lowest BCUT2D eigenvalue weighted by Crippen LogP contribution is -1.96. The molecule has 0 unspecified atom stereocenters. The van der Waals surface area contributed by atoms with Crippen LogP contribution in [0.3, 0.4) is 0 Å². The fraction of sp³-hybridized carbons (Fsp3) is 0.350. The highest BCUT2D eigenvalue weighted by Gasteiger charge is 2.04. The highest BCUT2D eigenvalue weighted by molar-refractivity contribution is 5.83. The summed E-state index contributed by atoms with van der Waals surface area (Å²) in [4.78, 5) is 4.39. The molecule has 0 atom stereocenters. The maximum atomic E-state index is 10.0. The lowest BCUT2D eigenvalue weighted by atomic mass is 10.1. The number of rotatable bonds is 9. The molecule has 0 heterocycles. The summed E-state index contributed by atoms with van der Waals surface area (Å²) in [6.07, 6.45) is 3.38. The van der Waals surface area contributed by atoms with Crippen LogP contribution < -0.4 is 14.2 Å². The molecule has 5 nitrogen and oxygen atoms in total. The molecule has 0 saturated heterocycles. The molecule has 0 aliphatic rings. The Balaban J connectivity index is 1.93. The minimum absolute atomic E-state index is 0.170. The number of hydrogen-bond donors (Lipinski definition) is 1. The van der Waals surface area contributed by atoms with Crippen LogP contribution in [0.4, 0.5) is 0 Å². The van der Waals surface area contributed by atoms with Crippen LogP contribution in [0.15, 0.2) is 41.4 Å². The first-order valence-electron chi connectivity index (χ1n) is 8.34. The minimum atomic E-state index is 0.170. The van der Waals surface area contributed by atoms with Gasteiger partial charge in [-0.25, -0.2) is 0 Å². The van der Waals surface area contributed by atoms with Gasteiger partial charge >= 0.3 is 0 Å². The van der Waals surface area contributed by atoms with E-state index >= 15 is 0 Å². The highest BCUT2D eigenvalue weighted by atomic mass is 16.5. The molecule has 0 aliphatic heterocycles. The van der Waals surface area contributed by atoms with Crippen LogP contribution >= 0.6 is 0 Å². The molecule has 0 saturated carbocycles. The van der Waals surface area contributed by atoms with E-state index in [0.717, 1.165) is 18.4 Å². The van der Waals surface area contributed by atoms with Gasteiger partial charge < -0.3 is 19.3 Å². The third-order valence-corrected chi connectivity index (χ3v) is 3.68. The van der Waals surface area contributed by atoms with E-state index in [0.29, 0.717) is 36.0 Å². The Kier molecular flexibility index (Phi) is 7.14. The molecule has 0 spiro atoms. The van der Waals surface area contributed by atoms with Crippen molar-refractivity contribution in [3.63, 3.8) is 0 Å². The van der Waals surface area contributed by atoms with Gasteiger partial charge in [-0.05, 0) is 42.7 Å². The number of hydrogen-bond acceptors (Lipinski definition) is 5. The van der Waals surface area contributed by atoms with Gasteiger partial charge in [-0.2, -0.15) is 0 Å². The van der Waals surface area contributed by atoms with Crippen molar-refractivity contribution in [2.45, 2.75) is 19.8 Å². The molecule has 25 heavy (non-hydrogen) atoms. The number of benzene rings is 2. The average molecular weight is 343 g/mol. The van der Waals surface area contributed by atoms with Crippen LogP contribution in [0.5, 0.6) is 23.0 Å². The first-order chi connectivity index (χ1) is 12.2. The molecular formula is C20H25NO4. The lowest BCUT2D eigenvalue weighted by molar-refractivity contribution is 0.315. The van der Waals surface area contributed by atoms with E-state index in [1.807, 2.05) is 31.2 Å². The predicted molar refractivity (Wildman–Crippen MR) is 99.6 cm³/mol. The topological polar surface area (TPSA) is 60.3 Å². The largest absolute Gasteiger partial charge is 0.507 e. The maximum Gasteiger partial charge on any atom is 0.160 e. The lowest BCUT2D eigenvalue weighted by Gasteiger charge is -2.09. The smallest absolute Gasteiger partial charge is 0.160 e. The maximum absolute atomic E-state index is 10.0. The summed E-state index contributed by atoms with van der Waals surface area (Å²) in [5.41, 5.74) is 1.79. The van der Waals surface area contributed by atoms with Crippen molar-refractivity contribution >= 4 is 6.21 Å². The quantitative estimate of drug-likeness (QED) is 0.702. The molecule has 0 radical (unpaired) electrons. The van der Waals surface area contributed by atoms with Crippen molar-refractivity contribution in [2.75, 3.05) is 27.4 Å². The summed E-state index contributed by atoms with van der Waals surface area (Å²) >= 11 is 0. The third-order valence-electron chi connectivity index (χ3n) is 3.68. The van der Waals surface area contributed by atoms with Gasteiger partial charge in [-0.3, -0.25) is 4.99 Å². The molecule has 0 aliphatic carbocycles. The fourth-order valence-electron chi connectivity index (χ4n) is 2.34. The summed E-state index contributed by atoms with van der Waals surface area (Å²) in [7, 11) is 3.24. The Bertz CT molecular complexity index is 713. The zero-order valence-electron chi connectivity index (χ0n) is 15.0. The van der Waals surface area contributed by atoms with Gasteiger partial charge in [0.1, 0.15) is 11.5 Å². The van der Waals surface area contributed by atoms with Gasteiger partial charge in [0.05, 0.1) is 20.8 Å². The van der Waals surface area contributed by atoms with Crippen molar-refractivity contribution in [2.24, 2.45) is 4.99 Å². The van der Waals surface area contributed by atoms with Gasteiger partial charge in [0.2, 0.25) is 0 Å². The number of nitrogens with zero attached hydrogens (tertiary/aromatic N) is 1. The van der Waals surface area contributed by atoms with Crippen molar-refractivity contribution in [3.05, 3.63) is 47.5 Å². The molecular weight excluding hydrogens is 318 g/mol. The van der Waals surface area contributed by atoms with Gasteiger partial charge in [0.15, 0.2) is 11.5 Å². The highest BCUT2D eigenvalue weighted by Crippen LogP contribution is 2.27. The molecule has 0 amide bonds. The van der Waals surface area contributed by atoms with Crippen LogP contribution in [0.25, 0.3) is 0 Å². The van der Waals surface area contributed by atoms with E-state index in [1.165, 1.54) is 0 Å². The second-order valence-corrected chi connectivity index (χ2v) is 5.54. The van der Waals surface area contributed by atoms with Gasteiger partial charge in [0.25, 0.3) is 0 Å². The molecule has 0 bridgehead atoms. The van der Waals surface area contributed by atoms with Gasteiger partial charge in [-0.1, -0.05) is 13.0 Å². The van der Waals surface area contributed by atoms with E-state index < -0.39 is 0 Å². The molecule has 2 aromatic rings. The molecule has 2 rings (SSSR count). The Hall–Kier alpha value is -2.69. The van der Waals surface area contributed by atoms with Crippen LogP contribution in [-0.2, 0) is 6.42 Å². The molecule has 5 heteroatoms. The average Bonchev–Trinajstić information content (AvgIpc) is 2.64. The van der Waals surface area contributed by atoms with Crippen LogP contribution in [-0.4, -0.2) is 38.7 Å². The summed E-state index contributed by atoms with van der Waals surface area (Å²) < 4.78 is 16.0. The Morgan fingerprint density at radius 1 is 1.04 bits per heavy atom. The van der Waals surface area contributed by atoms with E-state index in [4.69, 9.17) is 14.2 Å². The van der Waals surface area contributed by atoms with E-state index in [1.54, 1.807) is 32.6 Å². The monoisotopic (exact) mass is 343 g/mol. The van der Waals surface area contributed by atoms with Crippen LogP contribution in [0.2, 0.25) is 0 Å². The number of methoxy groups -OCH3 is 2.